The van der Waals surface area contributed by atoms with Crippen LogP contribution in [0.1, 0.15) is 5.56 Å². The van der Waals surface area contributed by atoms with Crippen molar-refractivity contribution >= 4 is 52.8 Å². The summed E-state index contributed by atoms with van der Waals surface area (Å²) >= 11 is 11.7. The molecule has 2 aromatic rings. The number of nitrogens with one attached hydrogen (secondary N) is 3. The zero-order chi connectivity index (χ0) is 21.9. The lowest BCUT2D eigenvalue weighted by atomic mass is 10.2. The van der Waals surface area contributed by atoms with Gasteiger partial charge in [0.25, 0.3) is 5.91 Å². The van der Waals surface area contributed by atoms with Crippen molar-refractivity contribution < 1.29 is 19.1 Å². The third kappa shape index (κ3) is 7.57. The lowest BCUT2D eigenvalue weighted by molar-refractivity contribution is -0.139. The van der Waals surface area contributed by atoms with E-state index >= 15 is 0 Å². The Labute approximate surface area is 182 Å². The van der Waals surface area contributed by atoms with Crippen molar-refractivity contribution in [3.63, 3.8) is 0 Å². The summed E-state index contributed by atoms with van der Waals surface area (Å²) in [7, 11) is 0. The van der Waals surface area contributed by atoms with E-state index < -0.39 is 11.8 Å². The molecule has 0 saturated carbocycles. The predicted molar refractivity (Wildman–Crippen MR) is 116 cm³/mol. The molecule has 156 valence electrons. The molecule has 30 heavy (non-hydrogen) atoms. The fourth-order valence-corrected chi connectivity index (χ4v) is 2.33. The summed E-state index contributed by atoms with van der Waals surface area (Å²) in [6.45, 7) is 3.41. The maximum atomic E-state index is 12.0. The first-order chi connectivity index (χ1) is 14.4. The lowest BCUT2D eigenvalue weighted by Gasteiger charge is -2.08. The van der Waals surface area contributed by atoms with Gasteiger partial charge in [-0.3, -0.25) is 14.4 Å². The minimum absolute atomic E-state index is 0.183. The monoisotopic (exact) mass is 448 g/mol. The van der Waals surface area contributed by atoms with Crippen LogP contribution in [0, 0.1) is 0 Å². The summed E-state index contributed by atoms with van der Waals surface area (Å²) in [6, 6.07) is 11.3. The second kappa shape index (κ2) is 11.6. The predicted octanol–water partition coefficient (Wildman–Crippen LogP) is 2.76. The van der Waals surface area contributed by atoms with E-state index in [1.165, 1.54) is 18.4 Å². The molecule has 3 amide bonds. The van der Waals surface area contributed by atoms with Crippen molar-refractivity contribution in [1.29, 1.82) is 0 Å². The molecule has 8 nitrogen and oxygen atoms in total. The molecule has 0 aromatic heterocycles. The van der Waals surface area contributed by atoms with Crippen molar-refractivity contribution in [3.05, 3.63) is 70.7 Å². The first kappa shape index (κ1) is 22.9. The summed E-state index contributed by atoms with van der Waals surface area (Å²) in [5.74, 6) is -1.60. The molecule has 2 rings (SSSR count). The number of hydrogen-bond donors (Lipinski definition) is 3. The van der Waals surface area contributed by atoms with E-state index in [0.717, 1.165) is 0 Å². The zero-order valence-corrected chi connectivity index (χ0v) is 17.2. The Morgan fingerprint density at radius 3 is 2.43 bits per heavy atom. The summed E-state index contributed by atoms with van der Waals surface area (Å²) in [5, 5.41) is 9.40. The molecule has 0 fully saturated rings. The lowest BCUT2D eigenvalue weighted by Crippen LogP contribution is -2.37. The molecule has 0 bridgehead atoms. The van der Waals surface area contributed by atoms with Gasteiger partial charge in [0.2, 0.25) is 0 Å². The van der Waals surface area contributed by atoms with Gasteiger partial charge in [-0.15, -0.1) is 6.58 Å². The van der Waals surface area contributed by atoms with Crippen LogP contribution in [0.2, 0.25) is 10.0 Å². The average molecular weight is 449 g/mol. The Balaban J connectivity index is 1.79. The number of anilines is 1. The molecule has 0 unspecified atom stereocenters. The van der Waals surface area contributed by atoms with Crippen LogP contribution in [0.25, 0.3) is 0 Å². The van der Waals surface area contributed by atoms with Crippen molar-refractivity contribution in [2.24, 2.45) is 5.10 Å². The van der Waals surface area contributed by atoms with E-state index in [-0.39, 0.29) is 19.1 Å². The number of hydrogen-bond acceptors (Lipinski definition) is 5. The fourth-order valence-electron chi connectivity index (χ4n) is 2.03. The van der Waals surface area contributed by atoms with Gasteiger partial charge in [0.15, 0.2) is 6.61 Å². The Bertz CT molecular complexity index is 962. The highest BCUT2D eigenvalue weighted by molar-refractivity contribution is 6.42. The zero-order valence-electron chi connectivity index (χ0n) is 15.7. The van der Waals surface area contributed by atoms with Crippen molar-refractivity contribution in [2.75, 3.05) is 18.5 Å². The summed E-state index contributed by atoms with van der Waals surface area (Å²) in [5.41, 5.74) is 3.26. The fraction of sp³-hybridized carbons (Fsp3) is 0.100. The minimum atomic E-state index is -0.888. The molecule has 0 spiro atoms. The Hall–Kier alpha value is -3.36. The summed E-state index contributed by atoms with van der Waals surface area (Å²) in [6.07, 6.45) is 2.81. The maximum Gasteiger partial charge on any atom is 0.329 e. The van der Waals surface area contributed by atoms with E-state index in [1.54, 1.807) is 36.4 Å². The largest absolute Gasteiger partial charge is 0.484 e. The quantitative estimate of drug-likeness (QED) is 0.249. The second-order valence-electron chi connectivity index (χ2n) is 5.73. The van der Waals surface area contributed by atoms with E-state index in [1.807, 2.05) is 0 Å². The third-order valence-corrected chi connectivity index (χ3v) is 4.19. The number of benzene rings is 2. The molecule has 0 atom stereocenters. The van der Waals surface area contributed by atoms with Gasteiger partial charge in [-0.05, 0) is 48.0 Å². The van der Waals surface area contributed by atoms with Gasteiger partial charge in [0.05, 0.1) is 16.3 Å². The molecular formula is C20H18Cl2N4O4. The topological polar surface area (TPSA) is 109 Å². The number of hydrazone groups is 1. The van der Waals surface area contributed by atoms with E-state index in [9.17, 15) is 14.4 Å². The molecule has 2 aromatic carbocycles. The van der Waals surface area contributed by atoms with Gasteiger partial charge in [0, 0.05) is 12.2 Å². The first-order valence-electron chi connectivity index (χ1n) is 8.59. The van der Waals surface area contributed by atoms with Gasteiger partial charge in [0.1, 0.15) is 5.75 Å². The van der Waals surface area contributed by atoms with Gasteiger partial charge >= 0.3 is 11.8 Å². The number of ether oxygens (including phenoxy) is 1. The first-order valence-corrected chi connectivity index (χ1v) is 9.34. The number of nitrogens with zero attached hydrogens (tertiary/aromatic N) is 1. The van der Waals surface area contributed by atoms with Crippen LogP contribution >= 0.6 is 23.2 Å². The second-order valence-corrected chi connectivity index (χ2v) is 6.55. The smallest absolute Gasteiger partial charge is 0.329 e. The van der Waals surface area contributed by atoms with Crippen molar-refractivity contribution in [3.8, 4) is 5.75 Å². The molecule has 0 heterocycles. The number of carbonyl (C=O) groups excluding carboxylic acids is 3. The average Bonchev–Trinajstić information content (AvgIpc) is 2.74. The number of halogens is 2. The number of amides is 3. The van der Waals surface area contributed by atoms with Crippen LogP contribution < -0.4 is 20.8 Å². The highest BCUT2D eigenvalue weighted by Gasteiger charge is 2.10. The molecule has 0 aliphatic rings. The minimum Gasteiger partial charge on any atom is -0.484 e. The molecular weight excluding hydrogens is 431 g/mol. The molecule has 0 aliphatic carbocycles. The highest BCUT2D eigenvalue weighted by atomic mass is 35.5. The number of rotatable bonds is 8. The van der Waals surface area contributed by atoms with E-state index in [0.29, 0.717) is 27.0 Å². The Morgan fingerprint density at radius 2 is 1.77 bits per heavy atom. The molecule has 0 radical (unpaired) electrons. The van der Waals surface area contributed by atoms with Crippen LogP contribution in [-0.4, -0.2) is 37.1 Å². The Morgan fingerprint density at radius 1 is 1.03 bits per heavy atom. The van der Waals surface area contributed by atoms with Crippen LogP contribution in [0.5, 0.6) is 5.75 Å². The van der Waals surface area contributed by atoms with Crippen LogP contribution in [0.3, 0.4) is 0 Å². The molecule has 10 heteroatoms. The molecule has 0 saturated heterocycles. The van der Waals surface area contributed by atoms with Gasteiger partial charge < -0.3 is 15.4 Å². The third-order valence-electron chi connectivity index (χ3n) is 3.45. The normalized spacial score (nSPS) is 10.3. The van der Waals surface area contributed by atoms with Crippen molar-refractivity contribution in [2.45, 2.75) is 0 Å². The van der Waals surface area contributed by atoms with E-state index in [2.05, 4.69) is 27.7 Å². The van der Waals surface area contributed by atoms with Gasteiger partial charge in [-0.1, -0.05) is 29.3 Å². The van der Waals surface area contributed by atoms with Crippen LogP contribution in [0.4, 0.5) is 5.69 Å². The molecule has 0 aliphatic heterocycles. The Kier molecular flexibility index (Phi) is 8.86. The van der Waals surface area contributed by atoms with Crippen molar-refractivity contribution in [1.82, 2.24) is 10.7 Å². The van der Waals surface area contributed by atoms with Crippen LogP contribution in [0.15, 0.2) is 60.2 Å². The highest BCUT2D eigenvalue weighted by Crippen LogP contribution is 2.24. The van der Waals surface area contributed by atoms with Crippen LogP contribution in [-0.2, 0) is 14.4 Å². The standard InChI is InChI=1S/C20H18Cl2N4O4/c1-2-9-23-19(28)20(29)26-24-11-13-3-6-15(7-4-13)30-12-18(27)25-14-5-8-16(21)17(22)10-14/h2-8,10-11H,1,9,12H2,(H,23,28)(H,25,27)(H,26,29)/b24-11-. The molecule has 3 N–H and O–H groups in total. The summed E-state index contributed by atoms with van der Waals surface area (Å²) in [4.78, 5) is 34.8. The van der Waals surface area contributed by atoms with E-state index in [4.69, 9.17) is 27.9 Å². The summed E-state index contributed by atoms with van der Waals surface area (Å²) < 4.78 is 5.41. The SMILES string of the molecule is C=CCNC(=O)C(=O)N/N=C\c1ccc(OCC(=O)Nc2ccc(Cl)c(Cl)c2)cc1. The van der Waals surface area contributed by atoms with Gasteiger partial charge in [-0.2, -0.15) is 5.10 Å². The van der Waals surface area contributed by atoms with Gasteiger partial charge in [-0.25, -0.2) is 5.43 Å². The number of carbonyl (C=O) groups is 3. The maximum absolute atomic E-state index is 12.0.